The summed E-state index contributed by atoms with van der Waals surface area (Å²) in [5.41, 5.74) is 1.10. The van der Waals surface area contributed by atoms with Gasteiger partial charge in [-0.3, -0.25) is 9.35 Å². The minimum atomic E-state index is -3.67. The molecule has 6 nitrogen and oxygen atoms in total. The van der Waals surface area contributed by atoms with E-state index in [-0.39, 0.29) is 12.5 Å². The zero-order valence-electron chi connectivity index (χ0n) is 9.84. The van der Waals surface area contributed by atoms with Crippen LogP contribution in [0.25, 0.3) is 0 Å². The molecule has 7 heteroatoms. The molecule has 17 heavy (non-hydrogen) atoms. The Kier molecular flexibility index (Phi) is 7.24. The summed E-state index contributed by atoms with van der Waals surface area (Å²) in [7, 11) is -2.28. The van der Waals surface area contributed by atoms with Gasteiger partial charge in [0.05, 0.1) is 13.4 Å². The number of hydrogen-bond donors (Lipinski definition) is 2. The number of esters is 1. The molecule has 1 rings (SSSR count). The summed E-state index contributed by atoms with van der Waals surface area (Å²) < 4.78 is 30.4. The van der Waals surface area contributed by atoms with E-state index in [1.165, 1.54) is 7.11 Å². The van der Waals surface area contributed by atoms with Gasteiger partial charge in [-0.1, -0.05) is 18.2 Å². The lowest BCUT2D eigenvalue weighted by atomic mass is 10.1. The quantitative estimate of drug-likeness (QED) is 0.437. The van der Waals surface area contributed by atoms with E-state index >= 15 is 0 Å². The Morgan fingerprint density at radius 1 is 1.53 bits per heavy atom. The third-order valence-corrected chi connectivity index (χ3v) is 1.69. The van der Waals surface area contributed by atoms with Crippen LogP contribution in [0.4, 0.5) is 0 Å². The first-order valence-electron chi connectivity index (χ1n) is 4.90. The largest absolute Gasteiger partial charge is 0.468 e. The number of rotatable bonds is 3. The van der Waals surface area contributed by atoms with Gasteiger partial charge >= 0.3 is 5.97 Å². The molecule has 1 aliphatic carbocycles. The van der Waals surface area contributed by atoms with E-state index in [9.17, 15) is 13.2 Å². The van der Waals surface area contributed by atoms with Gasteiger partial charge in [-0.2, -0.15) is 8.42 Å². The van der Waals surface area contributed by atoms with Crippen molar-refractivity contribution in [2.24, 2.45) is 0 Å². The van der Waals surface area contributed by atoms with Crippen molar-refractivity contribution < 1.29 is 22.5 Å². The standard InChI is InChI=1S/C9H13NO2.CH4O3S/c1-12-9(11)7-10-8-5-3-2-4-6-8;1-5(2,3)4/h2-3,6,10H,4-5,7H2,1H3;1H3,(H,2,3,4). The molecule has 0 saturated heterocycles. The van der Waals surface area contributed by atoms with Crippen molar-refractivity contribution in [3.63, 3.8) is 0 Å². The van der Waals surface area contributed by atoms with Crippen molar-refractivity contribution in [3.8, 4) is 0 Å². The summed E-state index contributed by atoms with van der Waals surface area (Å²) in [6.07, 6.45) is 8.80. The van der Waals surface area contributed by atoms with Crippen LogP contribution in [0, 0.1) is 0 Å². The summed E-state index contributed by atoms with van der Waals surface area (Å²) >= 11 is 0. The van der Waals surface area contributed by atoms with E-state index in [0.717, 1.165) is 18.5 Å². The molecule has 2 N–H and O–H groups in total. The maximum Gasteiger partial charge on any atom is 0.325 e. The van der Waals surface area contributed by atoms with Crippen LogP contribution in [0.15, 0.2) is 23.9 Å². The topological polar surface area (TPSA) is 92.7 Å². The van der Waals surface area contributed by atoms with Crippen LogP contribution in [-0.2, 0) is 19.6 Å². The molecule has 0 aromatic carbocycles. The Balaban J connectivity index is 0.000000437. The van der Waals surface area contributed by atoms with E-state index in [1.54, 1.807) is 0 Å². The number of nitrogens with one attached hydrogen (secondary N) is 1. The molecule has 0 bridgehead atoms. The molecule has 0 spiro atoms. The third-order valence-electron chi connectivity index (χ3n) is 1.69. The van der Waals surface area contributed by atoms with Crippen molar-refractivity contribution >= 4 is 16.1 Å². The van der Waals surface area contributed by atoms with Crippen LogP contribution in [0.3, 0.4) is 0 Å². The van der Waals surface area contributed by atoms with Gasteiger partial charge in [0.15, 0.2) is 0 Å². The lowest BCUT2D eigenvalue weighted by Gasteiger charge is -2.09. The highest BCUT2D eigenvalue weighted by Gasteiger charge is 2.01. The summed E-state index contributed by atoms with van der Waals surface area (Å²) in [5.74, 6) is -0.231. The van der Waals surface area contributed by atoms with Gasteiger partial charge in [-0.25, -0.2) is 0 Å². The Hall–Kier alpha value is -1.34. The summed E-state index contributed by atoms with van der Waals surface area (Å²) in [5, 5.41) is 3.01. The number of methoxy groups -OCH3 is 1. The molecule has 1 aliphatic rings. The van der Waals surface area contributed by atoms with Crippen LogP contribution in [0.1, 0.15) is 12.8 Å². The minimum absolute atomic E-state index is 0.231. The smallest absolute Gasteiger partial charge is 0.325 e. The lowest BCUT2D eigenvalue weighted by Crippen LogP contribution is -2.23. The van der Waals surface area contributed by atoms with Crippen molar-refractivity contribution in [1.82, 2.24) is 5.32 Å². The van der Waals surface area contributed by atoms with Gasteiger partial charge in [0.25, 0.3) is 10.1 Å². The predicted molar refractivity (Wildman–Crippen MR) is 63.9 cm³/mol. The average Bonchev–Trinajstić information content (AvgIpc) is 2.25. The molecule has 0 unspecified atom stereocenters. The fraction of sp³-hybridized carbons (Fsp3) is 0.500. The zero-order valence-corrected chi connectivity index (χ0v) is 10.7. The molecular formula is C10H17NO5S. The van der Waals surface area contributed by atoms with E-state index < -0.39 is 10.1 Å². The highest BCUT2D eigenvalue weighted by Crippen LogP contribution is 2.06. The van der Waals surface area contributed by atoms with Crippen molar-refractivity contribution in [2.45, 2.75) is 12.8 Å². The monoisotopic (exact) mass is 263 g/mol. The molecule has 0 aromatic heterocycles. The number of carbonyl (C=O) groups excluding carboxylic acids is 1. The summed E-state index contributed by atoms with van der Waals surface area (Å²) in [6.45, 7) is 0.260. The highest BCUT2D eigenvalue weighted by atomic mass is 32.2. The zero-order chi connectivity index (χ0) is 13.3. The van der Waals surface area contributed by atoms with Gasteiger partial charge in [0.2, 0.25) is 0 Å². The second-order valence-corrected chi connectivity index (χ2v) is 4.77. The number of carbonyl (C=O) groups is 1. The summed E-state index contributed by atoms with van der Waals surface area (Å²) in [6, 6.07) is 0. The Bertz CT molecular complexity index is 389. The van der Waals surface area contributed by atoms with Gasteiger partial charge in [0.1, 0.15) is 6.54 Å². The van der Waals surface area contributed by atoms with Crippen LogP contribution in [-0.4, -0.2) is 38.9 Å². The van der Waals surface area contributed by atoms with Crippen LogP contribution in [0.2, 0.25) is 0 Å². The lowest BCUT2D eigenvalue weighted by molar-refractivity contribution is -0.139. The highest BCUT2D eigenvalue weighted by molar-refractivity contribution is 7.85. The van der Waals surface area contributed by atoms with Crippen molar-refractivity contribution in [1.29, 1.82) is 0 Å². The van der Waals surface area contributed by atoms with E-state index in [4.69, 9.17) is 4.55 Å². The number of ether oxygens (including phenoxy) is 1. The molecule has 0 radical (unpaired) electrons. The molecule has 0 aromatic rings. The van der Waals surface area contributed by atoms with E-state index in [2.05, 4.69) is 28.3 Å². The SMILES string of the molecule is COC(=O)CNC1=CCC=CC1.CS(=O)(=O)O. The third kappa shape index (κ3) is 12.6. The Morgan fingerprint density at radius 2 is 2.12 bits per heavy atom. The molecule has 0 fully saturated rings. The minimum Gasteiger partial charge on any atom is -0.468 e. The number of allylic oxidation sites excluding steroid dienone is 3. The van der Waals surface area contributed by atoms with Crippen LogP contribution < -0.4 is 5.32 Å². The molecular weight excluding hydrogens is 246 g/mol. The first kappa shape index (κ1) is 15.7. The average molecular weight is 263 g/mol. The number of hydrogen-bond acceptors (Lipinski definition) is 5. The van der Waals surface area contributed by atoms with E-state index in [0.29, 0.717) is 6.26 Å². The molecule has 0 aliphatic heterocycles. The first-order valence-corrected chi connectivity index (χ1v) is 6.75. The Morgan fingerprint density at radius 3 is 2.53 bits per heavy atom. The maximum atomic E-state index is 10.7. The van der Waals surface area contributed by atoms with Crippen molar-refractivity contribution in [3.05, 3.63) is 23.9 Å². The van der Waals surface area contributed by atoms with Gasteiger partial charge in [-0.05, 0) is 6.42 Å². The van der Waals surface area contributed by atoms with Crippen molar-refractivity contribution in [2.75, 3.05) is 19.9 Å². The Labute approximate surface area is 101 Å². The molecule has 0 amide bonds. The van der Waals surface area contributed by atoms with Crippen LogP contribution in [0.5, 0.6) is 0 Å². The normalized spacial score (nSPS) is 14.2. The summed E-state index contributed by atoms with van der Waals surface area (Å²) in [4.78, 5) is 10.7. The second kappa shape index (κ2) is 7.86. The van der Waals surface area contributed by atoms with Gasteiger partial charge in [-0.15, -0.1) is 0 Å². The van der Waals surface area contributed by atoms with Crippen LogP contribution >= 0.6 is 0 Å². The molecule has 98 valence electrons. The first-order chi connectivity index (χ1) is 7.83. The van der Waals surface area contributed by atoms with Gasteiger partial charge in [0, 0.05) is 12.1 Å². The fourth-order valence-corrected chi connectivity index (χ4v) is 1.00. The molecule has 0 saturated carbocycles. The second-order valence-electron chi connectivity index (χ2n) is 3.30. The predicted octanol–water partition coefficient (Wildman–Crippen LogP) is 0.487. The van der Waals surface area contributed by atoms with E-state index in [1.807, 2.05) is 0 Å². The maximum absolute atomic E-state index is 10.7. The fourth-order valence-electron chi connectivity index (χ4n) is 1.00. The molecule has 0 atom stereocenters. The van der Waals surface area contributed by atoms with Gasteiger partial charge < -0.3 is 10.1 Å². The molecule has 0 heterocycles.